The summed E-state index contributed by atoms with van der Waals surface area (Å²) in [5, 5.41) is 28.2. The van der Waals surface area contributed by atoms with Crippen molar-refractivity contribution < 1.29 is 36.2 Å². The average molecular weight is 1620 g/mol. The fourth-order valence-electron chi connectivity index (χ4n) is 11.4. The van der Waals surface area contributed by atoms with Crippen LogP contribution in [0.15, 0.2) is 162 Å². The standard InChI is InChI=1S/C20H21ClN4O3S.C17H12ClN5O.C16H14ClN5O.C11H11N3O.C6H2Cl2N2.C3H7ClO2S/c1-2-10-29(26,27)12-17-19(21)18(6-8-22-17)28-14-4-5-16-15(11-14)20-23-7-3-9-25(20)13-24-16;18-16-13(9-19)15(4-6-20-16)24-11-2-3-14-12(8-11)17-21-5-1-7-23(17)10-22-14;17-14-13(4-6-19-15(14)18)23-10-2-3-12-11(8-10)16-20-5-1-7-22(16)9-21-12;15-8-2-3-10-9(6-8)11-12-4-1-5-14(11)7-13-10;7-5-1-2-10-6(8)4(5)3-9;1-2-3-7(4,5)6/h4-6,8,11,13H,2-3,7,9-10,12H2,1H3;2-4,6,8,10H,1,5,7H2;2-4,6,8-9H,1,5,7H2,(H2,18,19);2-3,6-7,15H,1,4-5H2;1-2H;2-3H2,1H3. The lowest BCUT2D eigenvalue weighted by Gasteiger charge is -2.29. The first-order chi connectivity index (χ1) is 52.1. The highest BCUT2D eigenvalue weighted by molar-refractivity contribution is 8.13. The van der Waals surface area contributed by atoms with Gasteiger partial charge in [0.2, 0.25) is 9.05 Å². The Morgan fingerprint density at radius 3 is 1.27 bits per heavy atom. The first kappa shape index (κ1) is 78.7. The van der Waals surface area contributed by atoms with E-state index in [2.05, 4.69) is 64.8 Å². The van der Waals surface area contributed by atoms with Gasteiger partial charge >= 0.3 is 0 Å². The zero-order chi connectivity index (χ0) is 76.5. The van der Waals surface area contributed by atoms with Crippen molar-refractivity contribution in [2.45, 2.75) is 58.1 Å². The molecule has 0 radical (unpaired) electrons. The van der Waals surface area contributed by atoms with E-state index in [4.69, 9.17) is 93.9 Å². The lowest BCUT2D eigenvalue weighted by Crippen LogP contribution is -2.36. The molecule has 4 aromatic carbocycles. The molecule has 0 amide bonds. The number of aromatic hydroxyl groups is 1. The smallest absolute Gasteiger partial charge is 0.232 e. The molecule has 0 spiro atoms. The van der Waals surface area contributed by atoms with Crippen LogP contribution in [0, 0.1) is 22.7 Å². The Bertz CT molecular complexity index is 5290. The number of fused-ring (bicyclic) bond motifs is 12. The summed E-state index contributed by atoms with van der Waals surface area (Å²) in [5.41, 5.74) is 13.6. The molecule has 35 heteroatoms. The predicted octanol–water partition coefficient (Wildman–Crippen LogP) is 15.5. The number of halogens is 6. The first-order valence-corrected chi connectivity index (χ1v) is 39.9. The molecular formula is C73H67Cl6N19O8S2. The van der Waals surface area contributed by atoms with Crippen molar-refractivity contribution in [1.29, 1.82) is 10.5 Å². The number of nitrogens with two attached hydrogens (primary N) is 1. The molecule has 108 heavy (non-hydrogen) atoms. The van der Waals surface area contributed by atoms with Crippen LogP contribution < -0.4 is 19.9 Å². The number of nitriles is 2. The zero-order valence-corrected chi connectivity index (χ0v) is 64.1. The molecule has 12 heterocycles. The van der Waals surface area contributed by atoms with Crippen molar-refractivity contribution in [1.82, 2.24) is 39.5 Å². The summed E-state index contributed by atoms with van der Waals surface area (Å²) in [5.74, 6) is 7.18. The lowest BCUT2D eigenvalue weighted by molar-refractivity contribution is 0.474. The molecule has 8 aliphatic rings. The Labute approximate surface area is 652 Å². The van der Waals surface area contributed by atoms with Crippen molar-refractivity contribution in [3.8, 4) is 52.4 Å². The van der Waals surface area contributed by atoms with Gasteiger partial charge in [0.15, 0.2) is 20.7 Å². The largest absolute Gasteiger partial charge is 0.508 e. The Kier molecular flexibility index (Phi) is 26.6. The van der Waals surface area contributed by atoms with Gasteiger partial charge in [-0.2, -0.15) is 10.5 Å². The molecule has 0 unspecified atom stereocenters. The van der Waals surface area contributed by atoms with E-state index in [1.54, 1.807) is 49.5 Å². The van der Waals surface area contributed by atoms with E-state index in [0.717, 1.165) is 146 Å². The third-order valence-corrected chi connectivity index (χ3v) is 21.1. The molecule has 0 aliphatic carbocycles. The fourth-order valence-corrected chi connectivity index (χ4v) is 14.8. The minimum atomic E-state index is -3.26. The second-order valence-corrected chi connectivity index (χ2v) is 31.1. The molecule has 4 aromatic heterocycles. The van der Waals surface area contributed by atoms with Gasteiger partial charge in [-0.3, -0.25) is 25.0 Å². The van der Waals surface area contributed by atoms with Gasteiger partial charge in [-0.05, 0) is 117 Å². The van der Waals surface area contributed by atoms with Crippen LogP contribution in [-0.2, 0) is 24.6 Å². The summed E-state index contributed by atoms with van der Waals surface area (Å²) >= 11 is 29.6. The van der Waals surface area contributed by atoms with Crippen molar-refractivity contribution in [3.05, 3.63) is 186 Å². The summed E-state index contributed by atoms with van der Waals surface area (Å²) < 4.78 is 62.0. The molecule has 556 valence electrons. The Morgan fingerprint density at radius 2 is 0.861 bits per heavy atom. The molecule has 8 aliphatic heterocycles. The number of anilines is 1. The first-order valence-electron chi connectivity index (χ1n) is 33.7. The molecule has 16 rings (SSSR count). The van der Waals surface area contributed by atoms with Crippen molar-refractivity contribution in [3.63, 3.8) is 0 Å². The number of phenols is 1. The number of amidine groups is 4. The van der Waals surface area contributed by atoms with Crippen LogP contribution in [0.25, 0.3) is 0 Å². The van der Waals surface area contributed by atoms with Crippen LogP contribution in [0.2, 0.25) is 25.4 Å². The lowest BCUT2D eigenvalue weighted by atomic mass is 10.1. The number of hydrogen-bond acceptors (Lipinski definition) is 27. The van der Waals surface area contributed by atoms with E-state index in [-0.39, 0.29) is 55.3 Å². The number of benzene rings is 4. The summed E-state index contributed by atoms with van der Waals surface area (Å²) in [6, 6.07) is 32.3. The van der Waals surface area contributed by atoms with Crippen LogP contribution in [0.3, 0.4) is 0 Å². The van der Waals surface area contributed by atoms with Gasteiger partial charge in [-0.1, -0.05) is 71.9 Å². The predicted molar refractivity (Wildman–Crippen MR) is 425 cm³/mol. The third kappa shape index (κ3) is 20.1. The van der Waals surface area contributed by atoms with Crippen molar-refractivity contribution in [2.24, 2.45) is 39.9 Å². The summed E-state index contributed by atoms with van der Waals surface area (Å²) in [6.07, 6.45) is 18.6. The number of aromatic nitrogens is 4. The maximum atomic E-state index is 12.1. The summed E-state index contributed by atoms with van der Waals surface area (Å²) in [7, 11) is -1.66. The van der Waals surface area contributed by atoms with Gasteiger partial charge in [-0.25, -0.2) is 51.8 Å². The molecular weight excluding hydrogens is 1550 g/mol. The molecule has 0 saturated carbocycles. The van der Waals surface area contributed by atoms with E-state index in [1.807, 2.05) is 114 Å². The Balaban J connectivity index is 0.000000135. The zero-order valence-electron chi connectivity index (χ0n) is 57.9. The molecule has 8 aromatic rings. The Morgan fingerprint density at radius 1 is 0.481 bits per heavy atom. The second-order valence-electron chi connectivity index (χ2n) is 24.1. The number of nitrogen functional groups attached to an aromatic ring is 1. The number of phenolic OH excluding ortho intramolecular Hbond substituents is 1. The van der Waals surface area contributed by atoms with E-state index >= 15 is 0 Å². The van der Waals surface area contributed by atoms with Gasteiger partial charge in [0.1, 0.15) is 102 Å². The highest BCUT2D eigenvalue weighted by Crippen LogP contribution is 2.40. The molecule has 27 nitrogen and oxygen atoms in total. The maximum Gasteiger partial charge on any atom is 0.232 e. The SMILES string of the molecule is CCCS(=O)(=O)Cc1nccc(Oc2ccc3c(c2)C2=NCCCN2C=N3)c1Cl.CCCS(=O)(=O)Cl.N#Cc1c(Cl)ccnc1Cl.N#Cc1c(Oc2ccc3c(c2)C2=NCCCN2C=N3)ccnc1Cl.Nc1nccc(Oc2ccc3c(c2)C2=NCCCN2C=N3)c1Cl.Oc1ccc2c(c1)C1=NCCCN1C=N2. The van der Waals surface area contributed by atoms with E-state index in [0.29, 0.717) is 63.1 Å². The maximum absolute atomic E-state index is 12.1. The molecule has 0 fully saturated rings. The number of pyridine rings is 4. The monoisotopic (exact) mass is 1610 g/mol. The van der Waals surface area contributed by atoms with Crippen molar-refractivity contribution in [2.75, 3.05) is 69.6 Å². The number of nitrogens with zero attached hydrogens (tertiary/aromatic N) is 18. The van der Waals surface area contributed by atoms with Gasteiger partial charge in [0.05, 0.1) is 76.1 Å². The van der Waals surface area contributed by atoms with Crippen LogP contribution in [0.5, 0.6) is 40.2 Å². The van der Waals surface area contributed by atoms with Gasteiger partial charge in [0, 0.05) is 128 Å². The van der Waals surface area contributed by atoms with Gasteiger partial charge in [0.25, 0.3) is 0 Å². The fraction of sp³-hybridized carbons (Fsp3) is 0.260. The van der Waals surface area contributed by atoms with E-state index < -0.39 is 18.9 Å². The van der Waals surface area contributed by atoms with Crippen LogP contribution in [0.4, 0.5) is 28.6 Å². The van der Waals surface area contributed by atoms with Crippen LogP contribution in [-0.4, -0.2) is 174 Å². The number of rotatable bonds is 12. The quantitative estimate of drug-likeness (QED) is 0.0847. The number of sulfone groups is 1. The van der Waals surface area contributed by atoms with Crippen molar-refractivity contribution >= 4 is 165 Å². The third-order valence-electron chi connectivity index (χ3n) is 16.3. The van der Waals surface area contributed by atoms with Crippen LogP contribution >= 0.6 is 68.7 Å². The summed E-state index contributed by atoms with van der Waals surface area (Å²) in [6.45, 7) is 10.6. The van der Waals surface area contributed by atoms with Gasteiger partial charge in [-0.15, -0.1) is 0 Å². The second kappa shape index (κ2) is 36.5. The minimum absolute atomic E-state index is 0.0779. The molecule has 0 atom stereocenters. The molecule has 0 saturated heterocycles. The van der Waals surface area contributed by atoms with Gasteiger partial charge < -0.3 is 44.7 Å². The summed E-state index contributed by atoms with van der Waals surface area (Å²) in [4.78, 5) is 59.8. The number of ether oxygens (including phenoxy) is 3. The van der Waals surface area contributed by atoms with E-state index in [1.165, 1.54) is 24.7 Å². The average Bonchev–Trinajstić information content (AvgIpc) is 0.795. The minimum Gasteiger partial charge on any atom is -0.508 e. The molecule has 3 N–H and O–H groups in total. The highest BCUT2D eigenvalue weighted by atomic mass is 35.7. The highest BCUT2D eigenvalue weighted by Gasteiger charge is 2.28. The van der Waals surface area contributed by atoms with E-state index in [9.17, 15) is 27.2 Å². The number of aliphatic imine (C=N–C) groups is 8. The number of hydrogen-bond donors (Lipinski definition) is 2. The van der Waals surface area contributed by atoms with Crippen LogP contribution in [0.1, 0.15) is 91.4 Å². The Hall–Kier alpha value is -10.3. The normalized spacial score (nSPS) is 15.0. The topological polar surface area (TPSA) is 353 Å². The molecule has 0 bridgehead atoms.